The Bertz CT molecular complexity index is 717. The van der Waals surface area contributed by atoms with E-state index in [2.05, 4.69) is 10.1 Å². The second-order valence-electron chi connectivity index (χ2n) is 5.74. The third-order valence-electron chi connectivity index (χ3n) is 4.06. The van der Waals surface area contributed by atoms with Crippen LogP contribution in [0.5, 0.6) is 0 Å². The highest BCUT2D eigenvalue weighted by Crippen LogP contribution is 2.26. The van der Waals surface area contributed by atoms with Gasteiger partial charge in [0.05, 0.1) is 5.92 Å². The summed E-state index contributed by atoms with van der Waals surface area (Å²) in [6, 6.07) is 3.42. The lowest BCUT2D eigenvalue weighted by Gasteiger charge is -2.15. The number of aromatic nitrogens is 2. The van der Waals surface area contributed by atoms with Gasteiger partial charge < -0.3 is 9.42 Å². The van der Waals surface area contributed by atoms with E-state index in [1.54, 1.807) is 11.8 Å². The molecule has 1 aromatic heterocycles. The van der Waals surface area contributed by atoms with Crippen LogP contribution in [-0.4, -0.2) is 34.0 Å². The molecule has 1 aromatic carbocycles. The van der Waals surface area contributed by atoms with Crippen molar-refractivity contribution in [2.24, 2.45) is 0 Å². The van der Waals surface area contributed by atoms with Gasteiger partial charge in [0.15, 0.2) is 5.82 Å². The molecule has 0 radical (unpaired) electrons. The summed E-state index contributed by atoms with van der Waals surface area (Å²) in [5.74, 6) is -0.0812. The Labute approximate surface area is 132 Å². The number of rotatable bonds is 4. The molecule has 7 heteroatoms. The smallest absolute Gasteiger partial charge is 0.231 e. The molecule has 1 atom stereocenters. The van der Waals surface area contributed by atoms with Gasteiger partial charge in [-0.15, -0.1) is 0 Å². The van der Waals surface area contributed by atoms with E-state index in [1.165, 1.54) is 12.1 Å². The van der Waals surface area contributed by atoms with Gasteiger partial charge in [0, 0.05) is 25.6 Å². The Balaban J connectivity index is 1.55. The number of hydrogen-bond acceptors (Lipinski definition) is 4. The summed E-state index contributed by atoms with van der Waals surface area (Å²) in [7, 11) is 0. The van der Waals surface area contributed by atoms with E-state index in [-0.39, 0.29) is 24.7 Å². The maximum absolute atomic E-state index is 13.6. The van der Waals surface area contributed by atoms with Crippen LogP contribution in [-0.2, 0) is 11.2 Å². The minimum absolute atomic E-state index is 0.0486. The highest BCUT2D eigenvalue weighted by molar-refractivity contribution is 5.76. The summed E-state index contributed by atoms with van der Waals surface area (Å²) in [4.78, 5) is 18.2. The zero-order valence-corrected chi connectivity index (χ0v) is 12.8. The van der Waals surface area contributed by atoms with Crippen molar-refractivity contribution in [1.29, 1.82) is 0 Å². The summed E-state index contributed by atoms with van der Waals surface area (Å²) < 4.78 is 31.6. The lowest BCUT2D eigenvalue weighted by molar-refractivity contribution is -0.130. The standard InChI is InChI=1S/C16H17F2N3O2/c1-10-19-16(23-20-10)12-6-7-21(9-12)15(22)5-3-11-2-4-13(17)8-14(11)18/h2,4,8,12H,3,5-7,9H2,1H3/t12-/m1/s1. The molecule has 0 bridgehead atoms. The fourth-order valence-electron chi connectivity index (χ4n) is 2.79. The Hall–Kier alpha value is -2.31. The van der Waals surface area contributed by atoms with Crippen LogP contribution in [0.15, 0.2) is 22.7 Å². The molecule has 1 amide bonds. The van der Waals surface area contributed by atoms with Gasteiger partial charge in [-0.2, -0.15) is 4.98 Å². The minimum atomic E-state index is -0.616. The second kappa shape index (κ2) is 6.44. The van der Waals surface area contributed by atoms with Crippen molar-refractivity contribution in [2.45, 2.75) is 32.1 Å². The Kier molecular flexibility index (Phi) is 4.36. The lowest BCUT2D eigenvalue weighted by atomic mass is 10.1. The Morgan fingerprint density at radius 3 is 2.96 bits per heavy atom. The third-order valence-corrected chi connectivity index (χ3v) is 4.06. The fraction of sp³-hybridized carbons (Fsp3) is 0.438. The highest BCUT2D eigenvalue weighted by atomic mass is 19.1. The summed E-state index contributed by atoms with van der Waals surface area (Å²) >= 11 is 0. The monoisotopic (exact) mass is 321 g/mol. The number of amides is 1. The van der Waals surface area contributed by atoms with E-state index < -0.39 is 11.6 Å². The van der Waals surface area contributed by atoms with E-state index in [4.69, 9.17) is 4.52 Å². The first kappa shape index (κ1) is 15.6. The third kappa shape index (κ3) is 3.55. The number of nitrogens with zero attached hydrogens (tertiary/aromatic N) is 3. The van der Waals surface area contributed by atoms with Gasteiger partial charge in [-0.1, -0.05) is 11.2 Å². The van der Waals surface area contributed by atoms with E-state index in [0.717, 1.165) is 12.5 Å². The van der Waals surface area contributed by atoms with Crippen LogP contribution in [0.1, 0.15) is 36.0 Å². The number of carbonyl (C=O) groups is 1. The second-order valence-corrected chi connectivity index (χ2v) is 5.74. The van der Waals surface area contributed by atoms with E-state index in [1.807, 2.05) is 0 Å². The van der Waals surface area contributed by atoms with Crippen LogP contribution in [0.25, 0.3) is 0 Å². The number of halogens is 2. The predicted molar refractivity (Wildman–Crippen MR) is 77.7 cm³/mol. The molecule has 0 aliphatic carbocycles. The molecule has 2 aromatic rings. The quantitative estimate of drug-likeness (QED) is 0.868. The van der Waals surface area contributed by atoms with Crippen molar-refractivity contribution >= 4 is 5.91 Å². The molecule has 1 saturated heterocycles. The largest absolute Gasteiger partial charge is 0.342 e. The first-order valence-corrected chi connectivity index (χ1v) is 7.55. The summed E-state index contributed by atoms with van der Waals surface area (Å²) in [5, 5.41) is 3.76. The van der Waals surface area contributed by atoms with Gasteiger partial charge in [-0.25, -0.2) is 8.78 Å². The predicted octanol–water partition coefficient (Wildman–Crippen LogP) is 2.60. The van der Waals surface area contributed by atoms with E-state index in [0.29, 0.717) is 30.4 Å². The van der Waals surface area contributed by atoms with Crippen molar-refractivity contribution < 1.29 is 18.1 Å². The van der Waals surface area contributed by atoms with Gasteiger partial charge in [0.2, 0.25) is 11.8 Å². The van der Waals surface area contributed by atoms with Crippen LogP contribution in [0.3, 0.4) is 0 Å². The van der Waals surface area contributed by atoms with Crippen molar-refractivity contribution in [3.8, 4) is 0 Å². The zero-order valence-electron chi connectivity index (χ0n) is 12.8. The normalized spacial score (nSPS) is 17.7. The van der Waals surface area contributed by atoms with Crippen LogP contribution in [0.4, 0.5) is 8.78 Å². The number of aryl methyl sites for hydroxylation is 2. The fourth-order valence-corrected chi connectivity index (χ4v) is 2.79. The first-order chi connectivity index (χ1) is 11.0. The molecule has 2 heterocycles. The summed E-state index contributed by atoms with van der Waals surface area (Å²) in [5.41, 5.74) is 0.350. The molecular weight excluding hydrogens is 304 g/mol. The molecule has 23 heavy (non-hydrogen) atoms. The van der Waals surface area contributed by atoms with Crippen molar-refractivity contribution in [3.63, 3.8) is 0 Å². The van der Waals surface area contributed by atoms with Gasteiger partial charge in [0.1, 0.15) is 11.6 Å². The molecule has 122 valence electrons. The van der Waals surface area contributed by atoms with Crippen LogP contribution < -0.4 is 0 Å². The van der Waals surface area contributed by atoms with Gasteiger partial charge in [-0.05, 0) is 31.4 Å². The van der Waals surface area contributed by atoms with Crippen LogP contribution >= 0.6 is 0 Å². The molecule has 0 saturated carbocycles. The van der Waals surface area contributed by atoms with Crippen molar-refractivity contribution in [1.82, 2.24) is 15.0 Å². The molecule has 0 unspecified atom stereocenters. The van der Waals surface area contributed by atoms with Crippen LogP contribution in [0.2, 0.25) is 0 Å². The highest BCUT2D eigenvalue weighted by Gasteiger charge is 2.30. The lowest BCUT2D eigenvalue weighted by Crippen LogP contribution is -2.28. The van der Waals surface area contributed by atoms with Gasteiger partial charge >= 0.3 is 0 Å². The molecule has 1 aliphatic heterocycles. The molecule has 0 spiro atoms. The minimum Gasteiger partial charge on any atom is -0.342 e. The maximum Gasteiger partial charge on any atom is 0.231 e. The topological polar surface area (TPSA) is 59.2 Å². The van der Waals surface area contributed by atoms with Gasteiger partial charge in [-0.3, -0.25) is 4.79 Å². The number of carbonyl (C=O) groups excluding carboxylic acids is 1. The van der Waals surface area contributed by atoms with E-state index in [9.17, 15) is 13.6 Å². The van der Waals surface area contributed by atoms with Gasteiger partial charge in [0.25, 0.3) is 0 Å². The molecular formula is C16H17F2N3O2. The number of benzene rings is 1. The molecule has 5 nitrogen and oxygen atoms in total. The van der Waals surface area contributed by atoms with Crippen LogP contribution in [0, 0.1) is 18.6 Å². The Morgan fingerprint density at radius 1 is 1.43 bits per heavy atom. The Morgan fingerprint density at radius 2 is 2.26 bits per heavy atom. The molecule has 1 fully saturated rings. The SMILES string of the molecule is Cc1noc([C@@H]2CCN(C(=O)CCc3ccc(F)cc3F)C2)n1. The zero-order chi connectivity index (χ0) is 16.4. The maximum atomic E-state index is 13.6. The number of hydrogen-bond donors (Lipinski definition) is 0. The van der Waals surface area contributed by atoms with Crippen molar-refractivity contribution in [3.05, 3.63) is 47.1 Å². The molecule has 1 aliphatic rings. The van der Waals surface area contributed by atoms with Crippen molar-refractivity contribution in [2.75, 3.05) is 13.1 Å². The van der Waals surface area contributed by atoms with E-state index >= 15 is 0 Å². The molecule has 0 N–H and O–H groups in total. The summed E-state index contributed by atoms with van der Waals surface area (Å²) in [6.45, 7) is 2.91. The first-order valence-electron chi connectivity index (χ1n) is 7.55. The average molecular weight is 321 g/mol. The summed E-state index contributed by atoms with van der Waals surface area (Å²) in [6.07, 6.45) is 1.22. The molecule has 3 rings (SSSR count). The number of likely N-dealkylation sites (tertiary alicyclic amines) is 1. The average Bonchev–Trinajstić information content (AvgIpc) is 3.14.